The molecule has 1 aromatic carbocycles. The number of hydrogen-bond acceptors (Lipinski definition) is 3. The number of guanidine groups is 1. The van der Waals surface area contributed by atoms with Crippen molar-refractivity contribution in [1.29, 1.82) is 0 Å². The molecule has 0 aromatic heterocycles. The summed E-state index contributed by atoms with van der Waals surface area (Å²) in [6, 6.07) is 4.98. The molecule has 2 rings (SSSR count). The van der Waals surface area contributed by atoms with Crippen molar-refractivity contribution in [1.82, 2.24) is 10.6 Å². The highest BCUT2D eigenvalue weighted by Gasteiger charge is 2.31. The molecule has 0 radical (unpaired) electrons. The van der Waals surface area contributed by atoms with E-state index in [1.807, 2.05) is 19.9 Å². The van der Waals surface area contributed by atoms with Crippen molar-refractivity contribution in [3.8, 4) is 5.75 Å². The number of hydrogen-bond donors (Lipinski definition) is 3. The Morgan fingerprint density at radius 2 is 2.00 bits per heavy atom. The van der Waals surface area contributed by atoms with Gasteiger partial charge in [-0.05, 0) is 56.2 Å². The molecule has 0 heterocycles. The average molecular weight is 380 g/mol. The van der Waals surface area contributed by atoms with Crippen LogP contribution in [0.1, 0.15) is 57.9 Å². The van der Waals surface area contributed by atoms with Crippen LogP contribution in [0.3, 0.4) is 0 Å². The smallest absolute Gasteiger partial charge is 0.191 e. The largest absolute Gasteiger partial charge is 0.491 e. The van der Waals surface area contributed by atoms with Crippen LogP contribution in [0.2, 0.25) is 0 Å². The third kappa shape index (κ3) is 6.69. The van der Waals surface area contributed by atoms with E-state index in [4.69, 9.17) is 4.74 Å². The molecular formula is C21H34FN3O2. The molecule has 0 amide bonds. The zero-order valence-electron chi connectivity index (χ0n) is 16.7. The first-order valence-corrected chi connectivity index (χ1v) is 10.2. The van der Waals surface area contributed by atoms with Crippen LogP contribution in [0.4, 0.5) is 4.39 Å². The van der Waals surface area contributed by atoms with Gasteiger partial charge in [-0.3, -0.25) is 0 Å². The lowest BCUT2D eigenvalue weighted by Gasteiger charge is -2.37. The first-order chi connectivity index (χ1) is 13.1. The van der Waals surface area contributed by atoms with Gasteiger partial charge in [-0.1, -0.05) is 25.3 Å². The fraction of sp³-hybridized carbons (Fsp3) is 0.667. The van der Waals surface area contributed by atoms with Gasteiger partial charge in [-0.15, -0.1) is 0 Å². The van der Waals surface area contributed by atoms with Crippen molar-refractivity contribution in [3.63, 3.8) is 0 Å². The van der Waals surface area contributed by atoms with Crippen LogP contribution in [0.5, 0.6) is 5.75 Å². The molecule has 6 heteroatoms. The highest BCUT2D eigenvalue weighted by atomic mass is 19.1. The minimum absolute atomic E-state index is 0.147. The Kier molecular flexibility index (Phi) is 8.85. The van der Waals surface area contributed by atoms with Gasteiger partial charge in [0.2, 0.25) is 0 Å². The predicted molar refractivity (Wildman–Crippen MR) is 108 cm³/mol. The summed E-state index contributed by atoms with van der Waals surface area (Å²) in [5.41, 5.74) is 0.949. The standard InChI is InChI=1S/C21H34FN3O2/c1-3-23-20(25-16-21(12-13-26)10-6-5-7-11-21)24-15-17-8-9-19(27-4-2)18(22)14-17/h8-9,14,26H,3-7,10-13,15-16H2,1-2H3,(H2,23,24,25). The van der Waals surface area contributed by atoms with Crippen LogP contribution >= 0.6 is 0 Å². The van der Waals surface area contributed by atoms with Crippen molar-refractivity contribution in [2.45, 2.75) is 58.9 Å². The van der Waals surface area contributed by atoms with Crippen molar-refractivity contribution < 1.29 is 14.2 Å². The molecule has 1 aliphatic carbocycles. The quantitative estimate of drug-likeness (QED) is 0.453. The Balaban J connectivity index is 1.99. The number of nitrogens with one attached hydrogen (secondary N) is 2. The number of aliphatic hydroxyl groups excluding tert-OH is 1. The molecule has 1 fully saturated rings. The minimum Gasteiger partial charge on any atom is -0.491 e. The van der Waals surface area contributed by atoms with Gasteiger partial charge < -0.3 is 20.5 Å². The van der Waals surface area contributed by atoms with Gasteiger partial charge >= 0.3 is 0 Å². The normalized spacial score (nSPS) is 16.8. The molecule has 1 aliphatic rings. The van der Waals surface area contributed by atoms with Gasteiger partial charge in [0.05, 0.1) is 13.2 Å². The molecule has 1 aromatic rings. The Hall–Kier alpha value is -1.82. The molecule has 0 unspecified atom stereocenters. The van der Waals surface area contributed by atoms with Gasteiger partial charge in [0, 0.05) is 19.7 Å². The second kappa shape index (κ2) is 11.1. The van der Waals surface area contributed by atoms with Gasteiger partial charge in [-0.2, -0.15) is 0 Å². The summed E-state index contributed by atoms with van der Waals surface area (Å²) in [5, 5.41) is 16.2. The van der Waals surface area contributed by atoms with Crippen LogP contribution in [0.15, 0.2) is 23.2 Å². The van der Waals surface area contributed by atoms with Crippen molar-refractivity contribution in [3.05, 3.63) is 29.6 Å². The lowest BCUT2D eigenvalue weighted by Crippen LogP contribution is -2.44. The monoisotopic (exact) mass is 379 g/mol. The van der Waals surface area contributed by atoms with E-state index in [1.165, 1.54) is 25.3 Å². The molecular weight excluding hydrogens is 345 g/mol. The van der Waals surface area contributed by atoms with E-state index in [1.54, 1.807) is 6.07 Å². The molecule has 0 bridgehead atoms. The van der Waals surface area contributed by atoms with E-state index < -0.39 is 0 Å². The molecule has 1 saturated carbocycles. The van der Waals surface area contributed by atoms with Crippen molar-refractivity contribution >= 4 is 5.96 Å². The first-order valence-electron chi connectivity index (χ1n) is 10.2. The van der Waals surface area contributed by atoms with Gasteiger partial charge in [0.25, 0.3) is 0 Å². The number of aliphatic hydroxyl groups is 1. The number of halogens is 1. The summed E-state index contributed by atoms with van der Waals surface area (Å²) >= 11 is 0. The van der Waals surface area contributed by atoms with Crippen molar-refractivity contribution in [2.75, 3.05) is 26.3 Å². The number of benzene rings is 1. The molecule has 0 aliphatic heterocycles. The predicted octanol–water partition coefficient (Wildman–Crippen LogP) is 3.61. The van der Waals surface area contributed by atoms with E-state index in [0.29, 0.717) is 13.2 Å². The SMILES string of the molecule is CCNC(=NCc1ccc(OCC)c(F)c1)NCC1(CCO)CCCCC1. The maximum absolute atomic E-state index is 14.0. The summed E-state index contributed by atoms with van der Waals surface area (Å²) in [6.07, 6.45) is 6.84. The van der Waals surface area contributed by atoms with Crippen LogP contribution in [0.25, 0.3) is 0 Å². The third-order valence-electron chi connectivity index (χ3n) is 5.25. The fourth-order valence-electron chi connectivity index (χ4n) is 3.75. The van der Waals surface area contributed by atoms with E-state index in [-0.39, 0.29) is 23.6 Å². The summed E-state index contributed by atoms with van der Waals surface area (Å²) in [7, 11) is 0. The summed E-state index contributed by atoms with van der Waals surface area (Å²) in [6.45, 7) is 6.48. The second-order valence-corrected chi connectivity index (χ2v) is 7.28. The summed E-state index contributed by atoms with van der Waals surface area (Å²) < 4.78 is 19.2. The van der Waals surface area contributed by atoms with Crippen LogP contribution in [0, 0.1) is 11.2 Å². The third-order valence-corrected chi connectivity index (χ3v) is 5.25. The Morgan fingerprint density at radius 3 is 2.63 bits per heavy atom. The highest BCUT2D eigenvalue weighted by Crippen LogP contribution is 2.38. The number of rotatable bonds is 9. The zero-order valence-corrected chi connectivity index (χ0v) is 16.7. The van der Waals surface area contributed by atoms with Crippen molar-refractivity contribution in [2.24, 2.45) is 10.4 Å². The summed E-state index contributed by atoms with van der Waals surface area (Å²) in [4.78, 5) is 4.60. The number of aliphatic imine (C=N–C) groups is 1. The van der Waals surface area contributed by atoms with Gasteiger partial charge in [0.1, 0.15) is 0 Å². The molecule has 0 saturated heterocycles. The van der Waals surface area contributed by atoms with E-state index in [9.17, 15) is 9.50 Å². The lowest BCUT2D eigenvalue weighted by atomic mass is 9.72. The summed E-state index contributed by atoms with van der Waals surface area (Å²) in [5.74, 6) is 0.653. The molecule has 5 nitrogen and oxygen atoms in total. The number of nitrogens with zero attached hydrogens (tertiary/aromatic N) is 1. The van der Waals surface area contributed by atoms with Crippen LogP contribution in [-0.4, -0.2) is 37.4 Å². The Bertz CT molecular complexity index is 596. The zero-order chi connectivity index (χ0) is 19.5. The highest BCUT2D eigenvalue weighted by molar-refractivity contribution is 5.79. The Labute approximate surface area is 162 Å². The van der Waals surface area contributed by atoms with E-state index >= 15 is 0 Å². The van der Waals surface area contributed by atoms with Crippen LogP contribution in [-0.2, 0) is 6.54 Å². The molecule has 27 heavy (non-hydrogen) atoms. The van der Waals surface area contributed by atoms with Gasteiger partial charge in [0.15, 0.2) is 17.5 Å². The fourth-order valence-corrected chi connectivity index (χ4v) is 3.75. The first kappa shape index (κ1) is 21.5. The maximum atomic E-state index is 14.0. The average Bonchev–Trinajstić information content (AvgIpc) is 2.67. The molecule has 152 valence electrons. The molecule has 0 atom stereocenters. The van der Waals surface area contributed by atoms with Crippen LogP contribution < -0.4 is 15.4 Å². The Morgan fingerprint density at radius 1 is 1.22 bits per heavy atom. The molecule has 0 spiro atoms. The minimum atomic E-state index is -0.355. The van der Waals surface area contributed by atoms with E-state index in [2.05, 4.69) is 15.6 Å². The topological polar surface area (TPSA) is 65.9 Å². The maximum Gasteiger partial charge on any atom is 0.191 e. The molecule has 3 N–H and O–H groups in total. The van der Waals surface area contributed by atoms with Gasteiger partial charge in [-0.25, -0.2) is 9.38 Å². The second-order valence-electron chi connectivity index (χ2n) is 7.28. The lowest BCUT2D eigenvalue weighted by molar-refractivity contribution is 0.131. The number of ether oxygens (including phenoxy) is 1. The van der Waals surface area contributed by atoms with E-state index in [0.717, 1.165) is 43.9 Å².